The second kappa shape index (κ2) is 11.9. The third kappa shape index (κ3) is 6.60. The molecule has 0 unspecified atom stereocenters. The first-order valence-corrected chi connectivity index (χ1v) is 11.3. The van der Waals surface area contributed by atoms with E-state index >= 15 is 0 Å². The van der Waals surface area contributed by atoms with Gasteiger partial charge in [0.2, 0.25) is 0 Å². The molecule has 3 aromatic rings. The van der Waals surface area contributed by atoms with Crippen LogP contribution in [0.25, 0.3) is 0 Å². The Hall–Kier alpha value is -2.80. The van der Waals surface area contributed by atoms with Gasteiger partial charge in [-0.2, -0.15) is 0 Å². The summed E-state index contributed by atoms with van der Waals surface area (Å²) < 4.78 is 18.5. The van der Waals surface area contributed by atoms with Crippen molar-refractivity contribution in [1.82, 2.24) is 0 Å². The highest BCUT2D eigenvalue weighted by Gasteiger charge is 2.39. The van der Waals surface area contributed by atoms with E-state index in [1.807, 2.05) is 97.1 Å². The van der Waals surface area contributed by atoms with Crippen LogP contribution in [0, 0.1) is 0 Å². The average Bonchev–Trinajstić information content (AvgIpc) is 2.86. The minimum absolute atomic E-state index is 0.347. The lowest BCUT2D eigenvalue weighted by molar-refractivity contribution is -0.130. The second-order valence-corrected chi connectivity index (χ2v) is 8.27. The molecule has 0 radical (unpaired) electrons. The van der Waals surface area contributed by atoms with Gasteiger partial charge in [-0.3, -0.25) is 0 Å². The molecule has 0 amide bonds. The third-order valence-electron chi connectivity index (χ3n) is 5.74. The third-order valence-corrected chi connectivity index (χ3v) is 5.74. The Morgan fingerprint density at radius 2 is 1.12 bits per heavy atom. The molecule has 33 heavy (non-hydrogen) atoms. The Morgan fingerprint density at radius 1 is 0.636 bits per heavy atom. The molecule has 0 bridgehead atoms. The first-order valence-electron chi connectivity index (χ1n) is 11.3. The predicted octanol–water partition coefficient (Wildman–Crippen LogP) is 4.00. The van der Waals surface area contributed by atoms with Gasteiger partial charge in [0.1, 0.15) is 18.3 Å². The van der Waals surface area contributed by atoms with Gasteiger partial charge in [0.05, 0.1) is 32.5 Å². The first kappa shape index (κ1) is 23.4. The lowest BCUT2D eigenvalue weighted by Gasteiger charge is -2.38. The smallest absolute Gasteiger partial charge is 0.116 e. The van der Waals surface area contributed by atoms with Crippen molar-refractivity contribution in [1.29, 1.82) is 0 Å². The topological polar surface area (TPSA) is 73.9 Å². The van der Waals surface area contributed by atoms with Crippen LogP contribution in [0.3, 0.4) is 0 Å². The zero-order valence-corrected chi connectivity index (χ0v) is 18.6. The van der Waals surface area contributed by atoms with Gasteiger partial charge in [0.15, 0.2) is 0 Å². The summed E-state index contributed by atoms with van der Waals surface area (Å²) in [5.41, 5.74) is 10.3. The Labute approximate surface area is 195 Å². The molecule has 3 aromatic carbocycles. The normalized spacial score (nSPS) is 22.7. The quantitative estimate of drug-likeness (QED) is 0.462. The molecule has 0 spiro atoms. The van der Waals surface area contributed by atoms with E-state index in [1.165, 1.54) is 0 Å². The molecule has 5 heteroatoms. The number of benzene rings is 3. The van der Waals surface area contributed by atoms with E-state index in [0.717, 1.165) is 22.3 Å². The highest BCUT2D eigenvalue weighted by Crippen LogP contribution is 2.27. The van der Waals surface area contributed by atoms with Gasteiger partial charge in [-0.1, -0.05) is 97.1 Å². The van der Waals surface area contributed by atoms with E-state index in [2.05, 4.69) is 0 Å². The van der Waals surface area contributed by atoms with Crippen LogP contribution in [0.5, 0.6) is 0 Å². The highest BCUT2D eigenvalue weighted by atomic mass is 16.6. The molecule has 4 rings (SSSR count). The molecule has 0 aliphatic heterocycles. The summed E-state index contributed by atoms with van der Waals surface area (Å²) in [5.74, 6) is 0. The minimum atomic E-state index is -0.882. The lowest BCUT2D eigenvalue weighted by Crippen LogP contribution is -2.54. The van der Waals surface area contributed by atoms with Gasteiger partial charge < -0.3 is 25.1 Å². The van der Waals surface area contributed by atoms with Crippen LogP contribution in [0.2, 0.25) is 0 Å². The number of hydrogen-bond acceptors (Lipinski definition) is 5. The number of nitrogens with two attached hydrogens (primary N) is 1. The van der Waals surface area contributed by atoms with Gasteiger partial charge in [-0.15, -0.1) is 0 Å². The summed E-state index contributed by atoms with van der Waals surface area (Å²) in [6, 6.07) is 29.3. The number of aliphatic hydroxyl groups excluding tert-OH is 1. The Balaban J connectivity index is 1.48. The van der Waals surface area contributed by atoms with Crippen LogP contribution in [0.4, 0.5) is 0 Å². The molecular formula is C28H31NO4. The Bertz CT molecular complexity index is 994. The average molecular weight is 446 g/mol. The maximum absolute atomic E-state index is 10.9. The van der Waals surface area contributed by atoms with Crippen molar-refractivity contribution in [3.8, 4) is 0 Å². The van der Waals surface area contributed by atoms with E-state index in [0.29, 0.717) is 26.4 Å². The molecule has 3 N–H and O–H groups in total. The molecule has 4 atom stereocenters. The maximum Gasteiger partial charge on any atom is 0.116 e. The summed E-state index contributed by atoms with van der Waals surface area (Å²) in [6.45, 7) is 1.59. The van der Waals surface area contributed by atoms with Crippen LogP contribution in [-0.2, 0) is 34.0 Å². The summed E-state index contributed by atoms with van der Waals surface area (Å²) >= 11 is 0. The van der Waals surface area contributed by atoms with Gasteiger partial charge >= 0.3 is 0 Å². The largest absolute Gasteiger partial charge is 0.388 e. The van der Waals surface area contributed by atoms with Gasteiger partial charge in [-0.25, -0.2) is 0 Å². The van der Waals surface area contributed by atoms with E-state index in [1.54, 1.807) is 0 Å². The standard InChI is InChI=1S/C28H31NO4/c29-25-16-24(20-31-17-21-10-4-1-5-11-21)27(32-18-22-12-6-2-7-13-22)28(26(25)30)33-19-23-14-8-3-9-15-23/h1-16,25-28,30H,17-20,29H2/t25-,26-,27+,28+/m0/s1. The van der Waals surface area contributed by atoms with Gasteiger partial charge in [-0.05, 0) is 22.3 Å². The van der Waals surface area contributed by atoms with Gasteiger partial charge in [0.25, 0.3) is 0 Å². The van der Waals surface area contributed by atoms with Crippen molar-refractivity contribution < 1.29 is 19.3 Å². The van der Waals surface area contributed by atoms with Crippen molar-refractivity contribution in [2.75, 3.05) is 6.61 Å². The fraction of sp³-hybridized carbons (Fsp3) is 0.286. The van der Waals surface area contributed by atoms with Crippen molar-refractivity contribution >= 4 is 0 Å². The Kier molecular flexibility index (Phi) is 8.41. The summed E-state index contributed by atoms with van der Waals surface area (Å²) in [4.78, 5) is 0. The van der Waals surface area contributed by atoms with Crippen molar-refractivity contribution in [3.63, 3.8) is 0 Å². The summed E-state index contributed by atoms with van der Waals surface area (Å²) in [7, 11) is 0. The highest BCUT2D eigenvalue weighted by molar-refractivity contribution is 5.24. The number of aliphatic hydroxyl groups is 1. The first-order chi connectivity index (χ1) is 16.2. The van der Waals surface area contributed by atoms with Crippen LogP contribution in [-0.4, -0.2) is 36.1 Å². The van der Waals surface area contributed by atoms with Crippen LogP contribution < -0.4 is 5.73 Å². The number of rotatable bonds is 10. The molecular weight excluding hydrogens is 414 g/mol. The van der Waals surface area contributed by atoms with E-state index in [4.69, 9.17) is 19.9 Å². The molecule has 5 nitrogen and oxygen atoms in total. The summed E-state index contributed by atoms with van der Waals surface area (Å²) in [6.07, 6.45) is -0.107. The molecule has 0 fully saturated rings. The molecule has 0 saturated heterocycles. The van der Waals surface area contributed by atoms with Crippen LogP contribution in [0.15, 0.2) is 103 Å². The predicted molar refractivity (Wildman–Crippen MR) is 128 cm³/mol. The zero-order valence-electron chi connectivity index (χ0n) is 18.6. The molecule has 1 aliphatic carbocycles. The number of hydrogen-bond donors (Lipinski definition) is 2. The molecule has 0 saturated carbocycles. The van der Waals surface area contributed by atoms with Crippen molar-refractivity contribution in [2.45, 2.75) is 44.2 Å². The molecule has 172 valence electrons. The maximum atomic E-state index is 10.9. The SMILES string of the molecule is N[C@H]1C=C(COCc2ccccc2)[C@@H](OCc2ccccc2)[C@H](OCc2ccccc2)[C@H]1O. The Morgan fingerprint density at radius 3 is 1.67 bits per heavy atom. The van der Waals surface area contributed by atoms with Gasteiger partial charge in [0, 0.05) is 0 Å². The van der Waals surface area contributed by atoms with E-state index < -0.39 is 24.4 Å². The van der Waals surface area contributed by atoms with Crippen molar-refractivity contribution in [3.05, 3.63) is 119 Å². The fourth-order valence-electron chi connectivity index (χ4n) is 3.96. The zero-order chi connectivity index (χ0) is 22.9. The summed E-state index contributed by atoms with van der Waals surface area (Å²) in [5, 5.41) is 10.9. The van der Waals surface area contributed by atoms with Crippen LogP contribution in [0.1, 0.15) is 16.7 Å². The fourth-order valence-corrected chi connectivity index (χ4v) is 3.96. The lowest BCUT2D eigenvalue weighted by atomic mass is 9.88. The van der Waals surface area contributed by atoms with Crippen LogP contribution >= 0.6 is 0 Å². The van der Waals surface area contributed by atoms with E-state index in [9.17, 15) is 5.11 Å². The van der Waals surface area contributed by atoms with E-state index in [-0.39, 0.29) is 0 Å². The number of ether oxygens (including phenoxy) is 3. The second-order valence-electron chi connectivity index (χ2n) is 8.27. The molecule has 1 aliphatic rings. The minimum Gasteiger partial charge on any atom is -0.388 e. The monoisotopic (exact) mass is 445 g/mol. The van der Waals surface area contributed by atoms with Crippen molar-refractivity contribution in [2.24, 2.45) is 5.73 Å². The molecule has 0 aromatic heterocycles. The molecule has 0 heterocycles.